The molecular weight excluding hydrogens is 245 g/mol. The first-order chi connectivity index (χ1) is 7.52. The highest BCUT2D eigenvalue weighted by Crippen LogP contribution is 2.26. The quantitative estimate of drug-likeness (QED) is 0.538. The molecule has 0 N–H and O–H groups in total. The molecule has 6 heteroatoms. The molecular formula is C10H16ClF3O2. The number of hydrogen-bond donors (Lipinski definition) is 0. The molecule has 0 aromatic rings. The summed E-state index contributed by atoms with van der Waals surface area (Å²) in [6.45, 7) is -0.305. The average molecular weight is 261 g/mol. The third-order valence-corrected chi connectivity index (χ3v) is 2.79. The number of halogens is 4. The van der Waals surface area contributed by atoms with E-state index in [2.05, 4.69) is 16.3 Å². The maximum Gasteiger partial charge on any atom is 0.401 e. The molecule has 1 unspecified atom stereocenters. The zero-order chi connectivity index (χ0) is 12.0. The number of alkyl halides is 4. The van der Waals surface area contributed by atoms with E-state index in [1.54, 1.807) is 0 Å². The molecule has 1 fully saturated rings. The fourth-order valence-corrected chi connectivity index (χ4v) is 1.75. The summed E-state index contributed by atoms with van der Waals surface area (Å²) in [7, 11) is 0. The van der Waals surface area contributed by atoms with Crippen LogP contribution >= 0.6 is 11.6 Å². The van der Waals surface area contributed by atoms with E-state index in [1.807, 2.05) is 0 Å². The predicted molar refractivity (Wildman–Crippen MR) is 54.5 cm³/mol. The largest absolute Gasteiger partial charge is 0.401 e. The van der Waals surface area contributed by atoms with E-state index in [0.29, 0.717) is 0 Å². The molecule has 0 aromatic carbocycles. The lowest BCUT2D eigenvalue weighted by Crippen LogP contribution is -2.31. The molecule has 0 radical (unpaired) electrons. The van der Waals surface area contributed by atoms with Gasteiger partial charge in [0.05, 0.1) is 19.3 Å². The lowest BCUT2D eigenvalue weighted by Gasteiger charge is -2.22. The second-order valence-electron chi connectivity index (χ2n) is 3.84. The van der Waals surface area contributed by atoms with Gasteiger partial charge in [-0.2, -0.15) is 8.78 Å². The molecule has 1 atom stereocenters. The Morgan fingerprint density at radius 1 is 1.19 bits per heavy atom. The maximum absolute atomic E-state index is 12.5. The van der Waals surface area contributed by atoms with Crippen LogP contribution in [0.3, 0.4) is 0 Å². The summed E-state index contributed by atoms with van der Waals surface area (Å²) >= 11 is 4.61. The molecule has 0 saturated heterocycles. The van der Waals surface area contributed by atoms with Crippen LogP contribution in [0.25, 0.3) is 0 Å². The molecule has 96 valence electrons. The van der Waals surface area contributed by atoms with Crippen LogP contribution in [0.1, 0.15) is 32.1 Å². The molecule has 0 spiro atoms. The van der Waals surface area contributed by atoms with Crippen molar-refractivity contribution in [3.05, 3.63) is 0 Å². The average Bonchev–Trinajstić information content (AvgIpc) is 2.26. The van der Waals surface area contributed by atoms with Gasteiger partial charge in [0.25, 0.3) is 5.63 Å². The molecule has 0 heterocycles. The summed E-state index contributed by atoms with van der Waals surface area (Å²) in [6, 6.07) is 0. The van der Waals surface area contributed by atoms with Crippen LogP contribution in [0, 0.1) is 0 Å². The van der Waals surface area contributed by atoms with Gasteiger partial charge >= 0.3 is 6.11 Å². The molecule has 2 nitrogen and oxygen atoms in total. The Hall–Kier alpha value is -0.0000000000000000416. The van der Waals surface area contributed by atoms with Gasteiger partial charge in [-0.05, 0) is 12.8 Å². The maximum atomic E-state index is 12.5. The van der Waals surface area contributed by atoms with Crippen molar-refractivity contribution in [3.63, 3.8) is 0 Å². The van der Waals surface area contributed by atoms with E-state index < -0.39 is 11.7 Å². The van der Waals surface area contributed by atoms with E-state index in [9.17, 15) is 13.2 Å². The van der Waals surface area contributed by atoms with Crippen LogP contribution in [0.5, 0.6) is 0 Å². The van der Waals surface area contributed by atoms with Crippen molar-refractivity contribution in [3.8, 4) is 0 Å². The number of hydrogen-bond acceptors (Lipinski definition) is 2. The third-order valence-electron chi connectivity index (χ3n) is 2.54. The summed E-state index contributed by atoms with van der Waals surface area (Å²) in [4.78, 5) is 0. The molecule has 0 aromatic heterocycles. The highest BCUT2D eigenvalue weighted by Gasteiger charge is 2.40. The second kappa shape index (κ2) is 6.67. The van der Waals surface area contributed by atoms with E-state index in [4.69, 9.17) is 4.74 Å². The van der Waals surface area contributed by atoms with Crippen LogP contribution in [-0.2, 0) is 9.47 Å². The van der Waals surface area contributed by atoms with E-state index in [1.165, 1.54) is 6.42 Å². The fraction of sp³-hybridized carbons (Fsp3) is 1.00. The minimum absolute atomic E-state index is 0.0455. The van der Waals surface area contributed by atoms with Gasteiger partial charge in [0.1, 0.15) is 0 Å². The first kappa shape index (κ1) is 14.1. The molecule has 16 heavy (non-hydrogen) atoms. The summed E-state index contributed by atoms with van der Waals surface area (Å²) in [5.41, 5.74) is -2.82. The fourth-order valence-electron chi connectivity index (χ4n) is 1.69. The normalized spacial score (nSPS) is 21.0. The van der Waals surface area contributed by atoms with E-state index >= 15 is 0 Å². The van der Waals surface area contributed by atoms with Crippen molar-refractivity contribution in [2.45, 2.75) is 49.9 Å². The van der Waals surface area contributed by atoms with Gasteiger partial charge in [0.2, 0.25) is 0 Å². The Labute approximate surface area is 98.0 Å². The SMILES string of the molecule is FC(Cl)C(F)(F)OCCOC1CCCCC1. The first-order valence-electron chi connectivity index (χ1n) is 5.44. The Kier molecular flexibility index (Phi) is 5.86. The van der Waals surface area contributed by atoms with Gasteiger partial charge in [-0.1, -0.05) is 30.9 Å². The van der Waals surface area contributed by atoms with Crippen LogP contribution in [0.15, 0.2) is 0 Å². The molecule has 0 bridgehead atoms. The summed E-state index contributed by atoms with van der Waals surface area (Å²) < 4.78 is 46.5. The molecule has 1 rings (SSSR count). The molecule has 1 aliphatic rings. The van der Waals surface area contributed by atoms with Crippen molar-refractivity contribution in [2.75, 3.05) is 13.2 Å². The summed E-state index contributed by atoms with van der Waals surface area (Å²) in [5, 5.41) is 0. The zero-order valence-electron chi connectivity index (χ0n) is 8.93. The zero-order valence-corrected chi connectivity index (χ0v) is 9.69. The van der Waals surface area contributed by atoms with Crippen molar-refractivity contribution >= 4 is 11.6 Å². The van der Waals surface area contributed by atoms with E-state index in [0.717, 1.165) is 25.7 Å². The topological polar surface area (TPSA) is 18.5 Å². The van der Waals surface area contributed by atoms with Crippen LogP contribution in [0.2, 0.25) is 0 Å². The number of rotatable bonds is 6. The van der Waals surface area contributed by atoms with Gasteiger partial charge in [0, 0.05) is 0 Å². The van der Waals surface area contributed by atoms with Crippen molar-refractivity contribution in [2.24, 2.45) is 0 Å². The Morgan fingerprint density at radius 3 is 2.38 bits per heavy atom. The molecule has 0 amide bonds. The smallest absolute Gasteiger partial charge is 0.376 e. The Morgan fingerprint density at radius 2 is 1.81 bits per heavy atom. The number of ether oxygens (including phenoxy) is 2. The predicted octanol–water partition coefficient (Wildman–Crippen LogP) is 3.48. The van der Waals surface area contributed by atoms with Crippen LogP contribution in [-0.4, -0.2) is 31.1 Å². The molecule has 0 aliphatic heterocycles. The Bertz CT molecular complexity index is 197. The van der Waals surface area contributed by atoms with Crippen molar-refractivity contribution < 1.29 is 22.6 Å². The molecule has 1 saturated carbocycles. The van der Waals surface area contributed by atoms with Crippen molar-refractivity contribution in [1.29, 1.82) is 0 Å². The highest BCUT2D eigenvalue weighted by molar-refractivity contribution is 6.20. The molecule has 1 aliphatic carbocycles. The highest BCUT2D eigenvalue weighted by atomic mass is 35.5. The monoisotopic (exact) mass is 260 g/mol. The summed E-state index contributed by atoms with van der Waals surface area (Å²) in [5.74, 6) is 0. The lowest BCUT2D eigenvalue weighted by atomic mass is 9.98. The summed E-state index contributed by atoms with van der Waals surface area (Å²) in [6.07, 6.45) is 1.52. The second-order valence-corrected chi connectivity index (χ2v) is 4.22. The van der Waals surface area contributed by atoms with Gasteiger partial charge < -0.3 is 9.47 Å². The van der Waals surface area contributed by atoms with Gasteiger partial charge in [-0.25, -0.2) is 4.39 Å². The minimum atomic E-state index is -3.93. The first-order valence-corrected chi connectivity index (χ1v) is 5.87. The van der Waals surface area contributed by atoms with Gasteiger partial charge in [0.15, 0.2) is 0 Å². The van der Waals surface area contributed by atoms with Gasteiger partial charge in [-0.3, -0.25) is 0 Å². The van der Waals surface area contributed by atoms with Crippen LogP contribution < -0.4 is 0 Å². The minimum Gasteiger partial charge on any atom is -0.376 e. The van der Waals surface area contributed by atoms with Crippen LogP contribution in [0.4, 0.5) is 13.2 Å². The lowest BCUT2D eigenvalue weighted by molar-refractivity contribution is -0.261. The standard InChI is InChI=1S/C10H16ClF3O2/c11-9(12)10(13,14)16-7-6-15-8-4-2-1-3-5-8/h8-9H,1-7H2. The van der Waals surface area contributed by atoms with Crippen molar-refractivity contribution in [1.82, 2.24) is 0 Å². The Balaban J connectivity index is 2.06. The van der Waals surface area contributed by atoms with E-state index in [-0.39, 0.29) is 19.3 Å². The van der Waals surface area contributed by atoms with Gasteiger partial charge in [-0.15, -0.1) is 0 Å². The third kappa shape index (κ3) is 4.89.